The highest BCUT2D eigenvalue weighted by Gasteiger charge is 2.24. The molecule has 0 unspecified atom stereocenters. The molecule has 0 aliphatic carbocycles. The van der Waals surface area contributed by atoms with Crippen LogP contribution < -0.4 is 0 Å². The van der Waals surface area contributed by atoms with E-state index in [1.807, 2.05) is 29.0 Å². The first-order valence-electron chi connectivity index (χ1n) is 9.15. The van der Waals surface area contributed by atoms with Crippen LogP contribution in [0.25, 0.3) is 0 Å². The second-order valence-electron chi connectivity index (χ2n) is 6.93. The van der Waals surface area contributed by atoms with E-state index in [1.165, 1.54) is 11.1 Å². The van der Waals surface area contributed by atoms with Crippen molar-refractivity contribution in [2.24, 2.45) is 5.92 Å². The van der Waals surface area contributed by atoms with Gasteiger partial charge in [0, 0.05) is 39.1 Å². The molecule has 3 rings (SSSR count). The zero-order chi connectivity index (χ0) is 17.5. The van der Waals surface area contributed by atoms with Gasteiger partial charge >= 0.3 is 6.03 Å². The first-order valence-corrected chi connectivity index (χ1v) is 9.15. The summed E-state index contributed by atoms with van der Waals surface area (Å²) in [5.74, 6) is 0.688. The topological polar surface area (TPSA) is 36.4 Å². The molecule has 4 nitrogen and oxygen atoms in total. The Labute approximate surface area is 150 Å². The number of benzene rings is 1. The summed E-state index contributed by atoms with van der Waals surface area (Å²) in [6.07, 6.45) is 7.79. The van der Waals surface area contributed by atoms with Crippen molar-refractivity contribution >= 4 is 6.03 Å². The molecule has 2 heterocycles. The van der Waals surface area contributed by atoms with Crippen molar-refractivity contribution < 1.29 is 4.79 Å². The van der Waals surface area contributed by atoms with Crippen molar-refractivity contribution in [3.05, 3.63) is 66.0 Å². The Morgan fingerprint density at radius 3 is 2.44 bits per heavy atom. The summed E-state index contributed by atoms with van der Waals surface area (Å²) in [6, 6.07) is 14.8. The number of carbonyl (C=O) groups is 1. The number of amides is 2. The lowest BCUT2D eigenvalue weighted by Gasteiger charge is -2.34. The van der Waals surface area contributed by atoms with E-state index in [0.29, 0.717) is 5.92 Å². The van der Waals surface area contributed by atoms with Crippen molar-refractivity contribution in [2.45, 2.75) is 25.7 Å². The summed E-state index contributed by atoms with van der Waals surface area (Å²) >= 11 is 0. The highest BCUT2D eigenvalue weighted by molar-refractivity contribution is 5.74. The zero-order valence-corrected chi connectivity index (χ0v) is 15.0. The van der Waals surface area contributed by atoms with Crippen LogP contribution in [0.1, 0.15) is 24.0 Å². The van der Waals surface area contributed by atoms with E-state index in [1.54, 1.807) is 12.4 Å². The molecule has 1 aromatic carbocycles. The largest absolute Gasteiger partial charge is 0.327 e. The normalized spacial score (nSPS) is 15.2. The van der Waals surface area contributed by atoms with Crippen molar-refractivity contribution in [1.29, 1.82) is 0 Å². The molecule has 0 N–H and O–H groups in total. The average molecular weight is 337 g/mol. The second-order valence-corrected chi connectivity index (χ2v) is 6.93. The third-order valence-electron chi connectivity index (χ3n) is 5.06. The van der Waals surface area contributed by atoms with Crippen molar-refractivity contribution in [3.63, 3.8) is 0 Å². The van der Waals surface area contributed by atoms with Crippen LogP contribution in [-0.4, -0.2) is 47.5 Å². The summed E-state index contributed by atoms with van der Waals surface area (Å²) in [4.78, 5) is 20.5. The predicted octanol–water partition coefficient (Wildman–Crippen LogP) is 3.63. The van der Waals surface area contributed by atoms with E-state index < -0.39 is 0 Å². The van der Waals surface area contributed by atoms with Crippen LogP contribution in [0.15, 0.2) is 54.9 Å². The quantitative estimate of drug-likeness (QED) is 0.835. The second kappa shape index (κ2) is 8.65. The maximum atomic E-state index is 12.6. The molecule has 0 radical (unpaired) electrons. The Bertz CT molecular complexity index is 651. The van der Waals surface area contributed by atoms with Gasteiger partial charge in [0.2, 0.25) is 0 Å². The van der Waals surface area contributed by atoms with Gasteiger partial charge in [0.1, 0.15) is 0 Å². The molecule has 4 heteroatoms. The van der Waals surface area contributed by atoms with Gasteiger partial charge in [0.15, 0.2) is 0 Å². The molecule has 1 aromatic heterocycles. The number of nitrogens with zero attached hydrogens (tertiary/aromatic N) is 3. The average Bonchev–Trinajstić information content (AvgIpc) is 2.68. The third-order valence-corrected chi connectivity index (χ3v) is 5.06. The Hall–Kier alpha value is -2.36. The van der Waals surface area contributed by atoms with Crippen molar-refractivity contribution in [2.75, 3.05) is 26.7 Å². The summed E-state index contributed by atoms with van der Waals surface area (Å²) in [5, 5.41) is 0. The minimum absolute atomic E-state index is 0.159. The molecular formula is C21H27N3O. The fourth-order valence-electron chi connectivity index (χ4n) is 3.46. The van der Waals surface area contributed by atoms with Gasteiger partial charge in [0.05, 0.1) is 0 Å². The molecule has 0 saturated carbocycles. The molecule has 132 valence electrons. The number of pyridine rings is 1. The van der Waals surface area contributed by atoms with Crippen LogP contribution >= 0.6 is 0 Å². The van der Waals surface area contributed by atoms with E-state index in [-0.39, 0.29) is 6.03 Å². The number of urea groups is 1. The molecule has 1 aliphatic rings. The number of piperidine rings is 1. The first-order chi connectivity index (χ1) is 12.2. The number of rotatable bonds is 5. The van der Waals surface area contributed by atoms with Crippen molar-refractivity contribution in [1.82, 2.24) is 14.8 Å². The van der Waals surface area contributed by atoms with E-state index in [4.69, 9.17) is 0 Å². The lowest BCUT2D eigenvalue weighted by Crippen LogP contribution is -2.46. The summed E-state index contributed by atoms with van der Waals surface area (Å²) in [5.41, 5.74) is 2.62. The smallest absolute Gasteiger partial charge is 0.319 e. The molecule has 0 atom stereocenters. The van der Waals surface area contributed by atoms with Crippen LogP contribution in [-0.2, 0) is 12.8 Å². The molecule has 2 aromatic rings. The first kappa shape index (κ1) is 17.5. The van der Waals surface area contributed by atoms with E-state index in [2.05, 4.69) is 35.3 Å². The highest BCUT2D eigenvalue weighted by atomic mass is 16.2. The molecule has 2 amide bonds. The minimum atomic E-state index is 0.159. The molecule has 0 spiro atoms. The molecule has 1 saturated heterocycles. The van der Waals surface area contributed by atoms with Gasteiger partial charge < -0.3 is 9.80 Å². The maximum absolute atomic E-state index is 12.6. The minimum Gasteiger partial charge on any atom is -0.327 e. The van der Waals surface area contributed by atoms with E-state index in [0.717, 1.165) is 45.3 Å². The van der Waals surface area contributed by atoms with Crippen LogP contribution in [0, 0.1) is 5.92 Å². The Morgan fingerprint density at radius 1 is 1.08 bits per heavy atom. The van der Waals surface area contributed by atoms with Gasteiger partial charge in [-0.15, -0.1) is 0 Å². The predicted molar refractivity (Wildman–Crippen MR) is 100 cm³/mol. The number of aromatic nitrogens is 1. The summed E-state index contributed by atoms with van der Waals surface area (Å²) < 4.78 is 0. The number of likely N-dealkylation sites (tertiary alicyclic amines) is 1. The summed E-state index contributed by atoms with van der Waals surface area (Å²) in [7, 11) is 1.90. The Morgan fingerprint density at radius 2 is 1.76 bits per heavy atom. The maximum Gasteiger partial charge on any atom is 0.319 e. The number of hydrogen-bond donors (Lipinski definition) is 0. The van der Waals surface area contributed by atoms with Gasteiger partial charge in [-0.2, -0.15) is 0 Å². The van der Waals surface area contributed by atoms with Gasteiger partial charge in [0.25, 0.3) is 0 Å². The fourth-order valence-corrected chi connectivity index (χ4v) is 3.46. The lowest BCUT2D eigenvalue weighted by atomic mass is 9.90. The fraction of sp³-hybridized carbons (Fsp3) is 0.429. The lowest BCUT2D eigenvalue weighted by molar-refractivity contribution is 0.141. The van der Waals surface area contributed by atoms with Crippen LogP contribution in [0.2, 0.25) is 0 Å². The molecule has 1 fully saturated rings. The van der Waals surface area contributed by atoms with Gasteiger partial charge in [-0.25, -0.2) is 4.79 Å². The number of carbonyl (C=O) groups excluding carboxylic acids is 1. The molecule has 1 aliphatic heterocycles. The van der Waals surface area contributed by atoms with Gasteiger partial charge in [-0.1, -0.05) is 30.3 Å². The Balaban J connectivity index is 1.43. The Kier molecular flexibility index (Phi) is 6.04. The van der Waals surface area contributed by atoms with Gasteiger partial charge in [-0.3, -0.25) is 4.98 Å². The molecular weight excluding hydrogens is 310 g/mol. The van der Waals surface area contributed by atoms with Crippen molar-refractivity contribution in [3.8, 4) is 0 Å². The zero-order valence-electron chi connectivity index (χ0n) is 15.0. The standard InChI is InChI=1S/C21H27N3O/c1-23(14-9-18-7-12-22-13-8-18)21(25)24-15-10-20(11-16-24)17-19-5-3-2-4-6-19/h2-8,12-13,20H,9-11,14-17H2,1H3. The number of hydrogen-bond acceptors (Lipinski definition) is 2. The van der Waals surface area contributed by atoms with E-state index >= 15 is 0 Å². The summed E-state index contributed by atoms with van der Waals surface area (Å²) in [6.45, 7) is 2.48. The van der Waals surface area contributed by atoms with Crippen LogP contribution in [0.4, 0.5) is 4.79 Å². The van der Waals surface area contributed by atoms with Crippen LogP contribution in [0.3, 0.4) is 0 Å². The number of likely N-dealkylation sites (N-methyl/N-ethyl adjacent to an activating group) is 1. The molecule has 25 heavy (non-hydrogen) atoms. The monoisotopic (exact) mass is 337 g/mol. The molecule has 0 bridgehead atoms. The SMILES string of the molecule is CN(CCc1ccncc1)C(=O)N1CCC(Cc2ccccc2)CC1. The van der Waals surface area contributed by atoms with Crippen LogP contribution in [0.5, 0.6) is 0 Å². The third kappa shape index (κ3) is 5.05. The highest BCUT2D eigenvalue weighted by Crippen LogP contribution is 2.22. The van der Waals surface area contributed by atoms with Gasteiger partial charge in [-0.05, 0) is 54.9 Å². The van der Waals surface area contributed by atoms with E-state index in [9.17, 15) is 4.79 Å².